The molecule has 0 atom stereocenters. The van der Waals surface area contributed by atoms with Gasteiger partial charge in [-0.25, -0.2) is 0 Å². The summed E-state index contributed by atoms with van der Waals surface area (Å²) >= 11 is 0. The number of nitrogens with zero attached hydrogens (tertiary/aromatic N) is 1. The van der Waals surface area contributed by atoms with Crippen LogP contribution in [0.4, 0.5) is 0 Å². The Morgan fingerprint density at radius 3 is 2.05 bits per heavy atom. The van der Waals surface area contributed by atoms with E-state index in [1.165, 1.54) is 22.9 Å². The topological polar surface area (TPSA) is 60.4 Å². The van der Waals surface area contributed by atoms with Gasteiger partial charge in [-0.05, 0) is 83.5 Å². The third-order valence-electron chi connectivity index (χ3n) is 7.05. The summed E-state index contributed by atoms with van der Waals surface area (Å²) in [7, 11) is 4.83. The van der Waals surface area contributed by atoms with E-state index in [1.807, 2.05) is 12.1 Å². The third kappa shape index (κ3) is 8.13. The van der Waals surface area contributed by atoms with Gasteiger partial charge in [0.2, 0.25) is 5.75 Å². The fourth-order valence-electron chi connectivity index (χ4n) is 5.00. The highest BCUT2D eigenvalue weighted by atomic mass is 16.5. The number of unbranched alkanes of at least 4 members (excludes halogenated alkanes) is 2. The molecule has 0 amide bonds. The second-order valence-corrected chi connectivity index (χ2v) is 9.96. The van der Waals surface area contributed by atoms with E-state index in [0.717, 1.165) is 42.6 Å². The smallest absolute Gasteiger partial charge is 0.203 e. The van der Waals surface area contributed by atoms with Crippen LogP contribution in [0.15, 0.2) is 78.9 Å². The molecular weight excluding hydrogens is 502 g/mol. The minimum atomic E-state index is 0.0744. The van der Waals surface area contributed by atoms with Crippen molar-refractivity contribution in [1.29, 1.82) is 0 Å². The highest BCUT2D eigenvalue weighted by Crippen LogP contribution is 2.38. The molecule has 0 heterocycles. The predicted molar refractivity (Wildman–Crippen MR) is 161 cm³/mol. The number of ether oxygens (including phenoxy) is 4. The summed E-state index contributed by atoms with van der Waals surface area (Å²) in [6, 6.07) is 27.4. The Morgan fingerprint density at radius 2 is 1.35 bits per heavy atom. The lowest BCUT2D eigenvalue weighted by molar-refractivity contribution is 0.184. The van der Waals surface area contributed by atoms with Crippen molar-refractivity contribution in [2.75, 3.05) is 41.1 Å². The molecule has 0 aromatic heterocycles. The molecule has 0 bridgehead atoms. The van der Waals surface area contributed by atoms with Crippen LogP contribution in [0, 0.1) is 0 Å². The van der Waals surface area contributed by atoms with Crippen molar-refractivity contribution in [2.45, 2.75) is 38.8 Å². The number of rotatable bonds is 16. The Hall–Kier alpha value is -3.74. The Morgan fingerprint density at radius 1 is 0.650 bits per heavy atom. The van der Waals surface area contributed by atoms with E-state index in [2.05, 4.69) is 71.6 Å². The Labute approximate surface area is 238 Å². The standard InChI is InChI=1S/C34H41NO5/c1-37-32-21-28(22-33(38-2)34(32)39-3)25-35(17-18-36)24-27-13-14-30-23-31(16-15-29(30)20-27)40-19-9-5-8-12-26-10-6-4-7-11-26/h4,6-7,10-11,13-16,20-23,36H,5,8-9,12,17-19,24-25H2,1-3H3. The van der Waals surface area contributed by atoms with Gasteiger partial charge in [0.05, 0.1) is 34.5 Å². The lowest BCUT2D eigenvalue weighted by Crippen LogP contribution is -2.26. The molecular formula is C34H41NO5. The van der Waals surface area contributed by atoms with Crippen LogP contribution in [0.25, 0.3) is 10.8 Å². The van der Waals surface area contributed by atoms with Crippen LogP contribution < -0.4 is 18.9 Å². The molecule has 0 saturated heterocycles. The maximum absolute atomic E-state index is 9.72. The van der Waals surface area contributed by atoms with Gasteiger partial charge in [-0.3, -0.25) is 4.90 Å². The molecule has 0 spiro atoms. The molecule has 1 N–H and O–H groups in total. The van der Waals surface area contributed by atoms with Gasteiger partial charge >= 0.3 is 0 Å². The summed E-state index contributed by atoms with van der Waals surface area (Å²) in [5.74, 6) is 2.73. The van der Waals surface area contributed by atoms with Crippen LogP contribution in [-0.4, -0.2) is 51.1 Å². The van der Waals surface area contributed by atoms with Crippen LogP contribution in [0.1, 0.15) is 36.0 Å². The molecule has 0 radical (unpaired) electrons. The second-order valence-electron chi connectivity index (χ2n) is 9.96. The van der Waals surface area contributed by atoms with Gasteiger partial charge < -0.3 is 24.1 Å². The molecule has 4 aromatic carbocycles. The van der Waals surface area contributed by atoms with Crippen molar-refractivity contribution in [3.05, 3.63) is 95.6 Å². The lowest BCUT2D eigenvalue weighted by atomic mass is 10.1. The van der Waals surface area contributed by atoms with Gasteiger partial charge in [0.25, 0.3) is 0 Å². The van der Waals surface area contributed by atoms with E-state index in [9.17, 15) is 5.11 Å². The van der Waals surface area contributed by atoms with Crippen LogP contribution in [-0.2, 0) is 19.5 Å². The van der Waals surface area contributed by atoms with Gasteiger partial charge in [-0.2, -0.15) is 0 Å². The molecule has 4 rings (SSSR count). The molecule has 40 heavy (non-hydrogen) atoms. The first-order valence-electron chi connectivity index (χ1n) is 13.9. The van der Waals surface area contributed by atoms with Crippen molar-refractivity contribution in [3.63, 3.8) is 0 Å². The number of hydrogen-bond donors (Lipinski definition) is 1. The molecule has 212 valence electrons. The van der Waals surface area contributed by atoms with E-state index in [0.29, 0.717) is 36.9 Å². The minimum absolute atomic E-state index is 0.0744. The van der Waals surface area contributed by atoms with Gasteiger partial charge in [-0.15, -0.1) is 0 Å². The Balaban J connectivity index is 1.33. The van der Waals surface area contributed by atoms with E-state index in [1.54, 1.807) is 21.3 Å². The predicted octanol–water partition coefficient (Wildman–Crippen LogP) is 6.65. The lowest BCUT2D eigenvalue weighted by Gasteiger charge is -2.23. The summed E-state index contributed by atoms with van der Waals surface area (Å²) in [5.41, 5.74) is 3.60. The first kappa shape index (κ1) is 29.2. The number of methoxy groups -OCH3 is 3. The second kappa shape index (κ2) is 15.2. The summed E-state index contributed by atoms with van der Waals surface area (Å²) < 4.78 is 22.5. The SMILES string of the molecule is COc1cc(CN(CCO)Cc2ccc3cc(OCCCCCc4ccccc4)ccc3c2)cc(OC)c1OC. The number of aliphatic hydroxyl groups is 1. The number of benzene rings is 4. The summed E-state index contributed by atoms with van der Waals surface area (Å²) in [4.78, 5) is 2.21. The van der Waals surface area contributed by atoms with Gasteiger partial charge in [0, 0.05) is 19.6 Å². The molecule has 6 nitrogen and oxygen atoms in total. The van der Waals surface area contributed by atoms with Gasteiger partial charge in [-0.1, -0.05) is 48.5 Å². The van der Waals surface area contributed by atoms with Crippen LogP contribution in [0.5, 0.6) is 23.0 Å². The van der Waals surface area contributed by atoms with Crippen LogP contribution >= 0.6 is 0 Å². The number of aliphatic hydroxyl groups excluding tert-OH is 1. The number of aryl methyl sites for hydroxylation is 1. The third-order valence-corrected chi connectivity index (χ3v) is 7.05. The fraction of sp³-hybridized carbons (Fsp3) is 0.353. The Bertz CT molecular complexity index is 1320. The molecule has 0 saturated carbocycles. The monoisotopic (exact) mass is 543 g/mol. The van der Waals surface area contributed by atoms with Crippen molar-refractivity contribution >= 4 is 10.8 Å². The van der Waals surface area contributed by atoms with Gasteiger partial charge in [0.1, 0.15) is 5.75 Å². The van der Waals surface area contributed by atoms with Crippen LogP contribution in [0.2, 0.25) is 0 Å². The average Bonchev–Trinajstić information content (AvgIpc) is 2.99. The highest BCUT2D eigenvalue weighted by molar-refractivity contribution is 5.84. The normalized spacial score (nSPS) is 11.1. The van der Waals surface area contributed by atoms with Crippen molar-refractivity contribution < 1.29 is 24.1 Å². The summed E-state index contributed by atoms with van der Waals surface area (Å²) in [6.45, 7) is 2.69. The Kier molecular flexibility index (Phi) is 11.1. The largest absolute Gasteiger partial charge is 0.494 e. The molecule has 6 heteroatoms. The fourth-order valence-corrected chi connectivity index (χ4v) is 5.00. The molecule has 0 aliphatic heterocycles. The zero-order valence-electron chi connectivity index (χ0n) is 23.9. The molecule has 4 aromatic rings. The summed E-state index contributed by atoms with van der Waals surface area (Å²) in [5, 5.41) is 12.1. The minimum Gasteiger partial charge on any atom is -0.494 e. The first-order chi connectivity index (χ1) is 19.6. The zero-order chi connectivity index (χ0) is 28.2. The highest BCUT2D eigenvalue weighted by Gasteiger charge is 2.15. The number of hydrogen-bond acceptors (Lipinski definition) is 6. The van der Waals surface area contributed by atoms with E-state index in [-0.39, 0.29) is 6.61 Å². The maximum atomic E-state index is 9.72. The summed E-state index contributed by atoms with van der Waals surface area (Å²) in [6.07, 6.45) is 4.51. The molecule has 0 fully saturated rings. The van der Waals surface area contributed by atoms with E-state index in [4.69, 9.17) is 18.9 Å². The maximum Gasteiger partial charge on any atom is 0.203 e. The molecule has 0 unspecified atom stereocenters. The molecule has 0 aliphatic rings. The van der Waals surface area contributed by atoms with Crippen molar-refractivity contribution in [2.24, 2.45) is 0 Å². The first-order valence-corrected chi connectivity index (χ1v) is 13.9. The van der Waals surface area contributed by atoms with Crippen molar-refractivity contribution in [1.82, 2.24) is 4.90 Å². The quantitative estimate of drug-likeness (QED) is 0.160. The zero-order valence-corrected chi connectivity index (χ0v) is 23.9. The van der Waals surface area contributed by atoms with E-state index >= 15 is 0 Å². The number of fused-ring (bicyclic) bond motifs is 1. The van der Waals surface area contributed by atoms with Crippen molar-refractivity contribution in [3.8, 4) is 23.0 Å². The molecule has 0 aliphatic carbocycles. The average molecular weight is 544 g/mol. The van der Waals surface area contributed by atoms with Gasteiger partial charge in [0.15, 0.2) is 11.5 Å². The van der Waals surface area contributed by atoms with Crippen LogP contribution in [0.3, 0.4) is 0 Å². The van der Waals surface area contributed by atoms with E-state index < -0.39 is 0 Å².